The lowest BCUT2D eigenvalue weighted by atomic mass is 10.3. The highest BCUT2D eigenvalue weighted by Crippen LogP contribution is 2.22. The number of aromatic nitrogens is 3. The quantitative estimate of drug-likeness (QED) is 0.746. The number of nitrogens with zero attached hydrogens (tertiary/aromatic N) is 3. The highest BCUT2D eigenvalue weighted by atomic mass is 32.1. The SMILES string of the molecule is CC(Nc1nccnc1C(N)=O)c1nc(C(=O)O)cs1. The molecule has 9 heteroatoms. The summed E-state index contributed by atoms with van der Waals surface area (Å²) in [5, 5.41) is 13.8. The highest BCUT2D eigenvalue weighted by molar-refractivity contribution is 7.09. The lowest BCUT2D eigenvalue weighted by Crippen LogP contribution is -2.18. The van der Waals surface area contributed by atoms with Crippen molar-refractivity contribution in [1.82, 2.24) is 15.0 Å². The van der Waals surface area contributed by atoms with Gasteiger partial charge in [-0.25, -0.2) is 19.7 Å². The molecule has 2 heterocycles. The molecule has 104 valence electrons. The minimum Gasteiger partial charge on any atom is -0.476 e. The molecule has 8 nitrogen and oxygen atoms in total. The van der Waals surface area contributed by atoms with E-state index in [4.69, 9.17) is 10.8 Å². The van der Waals surface area contributed by atoms with Crippen molar-refractivity contribution in [3.8, 4) is 0 Å². The molecule has 1 unspecified atom stereocenters. The average molecular weight is 293 g/mol. The number of carbonyl (C=O) groups excluding carboxylic acids is 1. The third kappa shape index (κ3) is 2.88. The van der Waals surface area contributed by atoms with Gasteiger partial charge in [-0.1, -0.05) is 0 Å². The molecule has 0 aliphatic heterocycles. The molecule has 0 saturated heterocycles. The number of aromatic carboxylic acids is 1. The van der Waals surface area contributed by atoms with Crippen LogP contribution >= 0.6 is 11.3 Å². The van der Waals surface area contributed by atoms with Crippen molar-refractivity contribution >= 4 is 29.0 Å². The molecule has 0 bridgehead atoms. The number of anilines is 1. The summed E-state index contributed by atoms with van der Waals surface area (Å²) in [5.74, 6) is -1.55. The van der Waals surface area contributed by atoms with Gasteiger partial charge in [0.05, 0.1) is 6.04 Å². The van der Waals surface area contributed by atoms with E-state index in [-0.39, 0.29) is 23.2 Å². The summed E-state index contributed by atoms with van der Waals surface area (Å²) in [6.45, 7) is 1.77. The second-order valence-corrected chi connectivity index (χ2v) is 4.75. The van der Waals surface area contributed by atoms with E-state index in [0.29, 0.717) is 5.01 Å². The molecule has 0 spiro atoms. The summed E-state index contributed by atoms with van der Waals surface area (Å²) in [6, 6.07) is -0.331. The van der Waals surface area contributed by atoms with Crippen molar-refractivity contribution in [3.63, 3.8) is 0 Å². The van der Waals surface area contributed by atoms with E-state index in [2.05, 4.69) is 20.3 Å². The topological polar surface area (TPSA) is 131 Å². The second-order valence-electron chi connectivity index (χ2n) is 3.86. The Morgan fingerprint density at radius 3 is 2.70 bits per heavy atom. The van der Waals surface area contributed by atoms with Crippen molar-refractivity contribution < 1.29 is 14.7 Å². The number of carbonyl (C=O) groups is 2. The number of nitrogens with two attached hydrogens (primary N) is 1. The first-order valence-electron chi connectivity index (χ1n) is 5.55. The van der Waals surface area contributed by atoms with Gasteiger partial charge >= 0.3 is 5.97 Å². The van der Waals surface area contributed by atoms with Crippen LogP contribution in [0.3, 0.4) is 0 Å². The van der Waals surface area contributed by atoms with Crippen LogP contribution in [0.5, 0.6) is 0 Å². The summed E-state index contributed by atoms with van der Waals surface area (Å²) in [6.07, 6.45) is 2.79. The first kappa shape index (κ1) is 13.9. The number of amides is 1. The first-order valence-corrected chi connectivity index (χ1v) is 6.43. The van der Waals surface area contributed by atoms with Crippen LogP contribution in [0.2, 0.25) is 0 Å². The van der Waals surface area contributed by atoms with Crippen molar-refractivity contribution in [3.05, 3.63) is 34.2 Å². The molecular formula is C11H11N5O3S. The lowest BCUT2D eigenvalue weighted by Gasteiger charge is -2.13. The molecule has 2 rings (SSSR count). The first-order chi connectivity index (χ1) is 9.49. The number of hydrogen-bond acceptors (Lipinski definition) is 7. The normalized spacial score (nSPS) is 11.8. The molecule has 2 aromatic rings. The van der Waals surface area contributed by atoms with Crippen LogP contribution < -0.4 is 11.1 Å². The largest absolute Gasteiger partial charge is 0.476 e. The van der Waals surface area contributed by atoms with Crippen LogP contribution in [0.15, 0.2) is 17.8 Å². The molecule has 0 aromatic carbocycles. The molecule has 2 aromatic heterocycles. The Balaban J connectivity index is 2.21. The molecule has 1 amide bonds. The van der Waals surface area contributed by atoms with E-state index < -0.39 is 11.9 Å². The van der Waals surface area contributed by atoms with E-state index in [1.54, 1.807) is 6.92 Å². The van der Waals surface area contributed by atoms with Crippen LogP contribution in [0.1, 0.15) is 39.0 Å². The van der Waals surface area contributed by atoms with Crippen LogP contribution in [0.25, 0.3) is 0 Å². The van der Waals surface area contributed by atoms with Crippen molar-refractivity contribution in [2.24, 2.45) is 5.73 Å². The van der Waals surface area contributed by atoms with Crippen LogP contribution in [-0.2, 0) is 0 Å². The Bertz CT molecular complexity index is 657. The summed E-state index contributed by atoms with van der Waals surface area (Å²) >= 11 is 1.20. The fourth-order valence-electron chi connectivity index (χ4n) is 1.48. The van der Waals surface area contributed by atoms with Crippen molar-refractivity contribution in [1.29, 1.82) is 0 Å². The third-order valence-corrected chi connectivity index (χ3v) is 3.42. The Morgan fingerprint density at radius 1 is 1.40 bits per heavy atom. The fraction of sp³-hybridized carbons (Fsp3) is 0.182. The zero-order chi connectivity index (χ0) is 14.7. The van der Waals surface area contributed by atoms with E-state index in [1.165, 1.54) is 29.1 Å². The molecule has 4 N–H and O–H groups in total. The standard InChI is InChI=1S/C11H11N5O3S/c1-5(10-16-6(4-20-10)11(18)19)15-9-7(8(12)17)13-2-3-14-9/h2-5H,1H3,(H2,12,17)(H,14,15)(H,18,19). The summed E-state index contributed by atoms with van der Waals surface area (Å²) in [5.41, 5.74) is 5.20. The van der Waals surface area contributed by atoms with Gasteiger partial charge in [0.2, 0.25) is 0 Å². The molecule has 0 fully saturated rings. The average Bonchev–Trinajstić information content (AvgIpc) is 2.89. The third-order valence-electron chi connectivity index (χ3n) is 2.40. The summed E-state index contributed by atoms with van der Waals surface area (Å²) < 4.78 is 0. The van der Waals surface area contributed by atoms with Gasteiger partial charge in [0.1, 0.15) is 5.01 Å². The van der Waals surface area contributed by atoms with Gasteiger partial charge in [-0.05, 0) is 6.92 Å². The monoisotopic (exact) mass is 293 g/mol. The number of carboxylic acids is 1. The number of rotatable bonds is 5. The number of hydrogen-bond donors (Lipinski definition) is 3. The molecule has 1 atom stereocenters. The summed E-state index contributed by atoms with van der Waals surface area (Å²) in [4.78, 5) is 33.8. The van der Waals surface area contributed by atoms with Gasteiger partial charge in [-0.3, -0.25) is 4.79 Å². The maximum Gasteiger partial charge on any atom is 0.355 e. The highest BCUT2D eigenvalue weighted by Gasteiger charge is 2.17. The maximum absolute atomic E-state index is 11.2. The molecule has 0 saturated carbocycles. The second kappa shape index (κ2) is 5.61. The van der Waals surface area contributed by atoms with Gasteiger partial charge in [0, 0.05) is 17.8 Å². The Hall–Kier alpha value is -2.55. The van der Waals surface area contributed by atoms with E-state index in [1.807, 2.05) is 0 Å². The van der Waals surface area contributed by atoms with Gasteiger partial charge in [0.15, 0.2) is 17.2 Å². The Labute approximate surface area is 117 Å². The van der Waals surface area contributed by atoms with Crippen LogP contribution in [0.4, 0.5) is 5.82 Å². The lowest BCUT2D eigenvalue weighted by molar-refractivity contribution is 0.0691. The van der Waals surface area contributed by atoms with Crippen molar-refractivity contribution in [2.75, 3.05) is 5.32 Å². The van der Waals surface area contributed by atoms with E-state index in [0.717, 1.165) is 0 Å². The van der Waals surface area contributed by atoms with Crippen molar-refractivity contribution in [2.45, 2.75) is 13.0 Å². The molecular weight excluding hydrogens is 282 g/mol. The Morgan fingerprint density at radius 2 is 2.10 bits per heavy atom. The van der Waals surface area contributed by atoms with E-state index in [9.17, 15) is 9.59 Å². The number of thiazole rings is 1. The number of carboxylic acid groups (broad SMARTS) is 1. The number of primary amides is 1. The predicted octanol–water partition coefficient (Wildman–Crippen LogP) is 0.903. The zero-order valence-corrected chi connectivity index (χ0v) is 11.2. The van der Waals surface area contributed by atoms with E-state index >= 15 is 0 Å². The minimum atomic E-state index is -1.09. The molecule has 0 aliphatic carbocycles. The predicted molar refractivity (Wildman–Crippen MR) is 71.7 cm³/mol. The zero-order valence-electron chi connectivity index (χ0n) is 10.4. The van der Waals surface area contributed by atoms with Gasteiger partial charge in [-0.2, -0.15) is 0 Å². The fourth-order valence-corrected chi connectivity index (χ4v) is 2.28. The smallest absolute Gasteiger partial charge is 0.355 e. The number of nitrogens with one attached hydrogen (secondary N) is 1. The maximum atomic E-state index is 11.2. The molecule has 20 heavy (non-hydrogen) atoms. The Kier molecular flexibility index (Phi) is 3.89. The van der Waals surface area contributed by atoms with Gasteiger partial charge in [-0.15, -0.1) is 11.3 Å². The molecule has 0 radical (unpaired) electrons. The summed E-state index contributed by atoms with van der Waals surface area (Å²) in [7, 11) is 0. The van der Waals surface area contributed by atoms with Gasteiger partial charge in [0.25, 0.3) is 5.91 Å². The minimum absolute atomic E-state index is 0.0204. The van der Waals surface area contributed by atoms with Gasteiger partial charge < -0.3 is 16.2 Å². The van der Waals surface area contributed by atoms with Crippen LogP contribution in [-0.4, -0.2) is 31.9 Å². The molecule has 0 aliphatic rings. The van der Waals surface area contributed by atoms with Crippen LogP contribution in [0, 0.1) is 0 Å².